The predicted octanol–water partition coefficient (Wildman–Crippen LogP) is 4.59. The summed E-state index contributed by atoms with van der Waals surface area (Å²) >= 11 is 6.10. The summed E-state index contributed by atoms with van der Waals surface area (Å²) in [5, 5.41) is 0.364. The highest BCUT2D eigenvalue weighted by molar-refractivity contribution is 6.31. The fourth-order valence-electron chi connectivity index (χ4n) is 2.55. The van der Waals surface area contributed by atoms with Crippen LogP contribution in [0.3, 0.4) is 0 Å². The molecule has 0 atom stereocenters. The molecule has 4 heteroatoms. The zero-order valence-electron chi connectivity index (χ0n) is 12.4. The van der Waals surface area contributed by atoms with E-state index in [9.17, 15) is 9.18 Å². The number of carbonyl (C=O) groups excluding carboxylic acids is 1. The number of amides is 1. The maximum absolute atomic E-state index is 14.0. The lowest BCUT2D eigenvalue weighted by molar-refractivity contribution is 0.0728. The number of halogens is 2. The van der Waals surface area contributed by atoms with Crippen LogP contribution in [0.25, 0.3) is 0 Å². The number of benzene rings is 2. The third-order valence-electron chi connectivity index (χ3n) is 3.90. The summed E-state index contributed by atoms with van der Waals surface area (Å²) in [4.78, 5) is 14.5. The van der Waals surface area contributed by atoms with E-state index in [0.29, 0.717) is 16.1 Å². The smallest absolute Gasteiger partial charge is 0.254 e. The maximum atomic E-state index is 14.0. The van der Waals surface area contributed by atoms with Crippen molar-refractivity contribution in [2.75, 3.05) is 0 Å². The number of hydrogen-bond donors (Lipinski definition) is 0. The van der Waals surface area contributed by atoms with E-state index >= 15 is 0 Å². The van der Waals surface area contributed by atoms with Gasteiger partial charge in [0.05, 0.1) is 6.54 Å². The van der Waals surface area contributed by atoms with Crippen molar-refractivity contribution in [2.45, 2.75) is 32.4 Å². The Bertz CT molecular complexity index is 692. The normalized spacial score (nSPS) is 14.0. The summed E-state index contributed by atoms with van der Waals surface area (Å²) in [6.45, 7) is 2.16. The standard InChI is InChI=1S/C18H17ClFNO/c1-12-4-2-5-13(10-12)18(22)21(14-8-9-14)11-15-16(19)6-3-7-17(15)20/h2-7,10,14H,8-9,11H2,1H3. The second-order valence-corrected chi connectivity index (χ2v) is 6.14. The van der Waals surface area contributed by atoms with Crippen molar-refractivity contribution < 1.29 is 9.18 Å². The molecule has 0 spiro atoms. The molecule has 114 valence electrons. The number of hydrogen-bond acceptors (Lipinski definition) is 1. The molecule has 0 saturated heterocycles. The summed E-state index contributed by atoms with van der Waals surface area (Å²) < 4.78 is 14.0. The second-order valence-electron chi connectivity index (χ2n) is 5.73. The third-order valence-corrected chi connectivity index (χ3v) is 4.26. The van der Waals surface area contributed by atoms with E-state index in [0.717, 1.165) is 18.4 Å². The van der Waals surface area contributed by atoms with Gasteiger partial charge in [-0.05, 0) is 44.0 Å². The van der Waals surface area contributed by atoms with E-state index in [-0.39, 0.29) is 24.3 Å². The summed E-state index contributed by atoms with van der Waals surface area (Å²) in [7, 11) is 0. The number of aryl methyl sites for hydroxylation is 1. The van der Waals surface area contributed by atoms with Crippen LogP contribution in [0.1, 0.15) is 34.3 Å². The molecule has 0 heterocycles. The van der Waals surface area contributed by atoms with Gasteiger partial charge in [-0.1, -0.05) is 35.4 Å². The monoisotopic (exact) mass is 317 g/mol. The molecule has 1 aliphatic carbocycles. The zero-order valence-corrected chi connectivity index (χ0v) is 13.1. The summed E-state index contributed by atoms with van der Waals surface area (Å²) in [6.07, 6.45) is 1.92. The average Bonchev–Trinajstić information content (AvgIpc) is 3.31. The molecule has 0 unspecified atom stereocenters. The van der Waals surface area contributed by atoms with Gasteiger partial charge in [-0.3, -0.25) is 4.79 Å². The molecule has 0 radical (unpaired) electrons. The topological polar surface area (TPSA) is 20.3 Å². The van der Waals surface area contributed by atoms with Crippen LogP contribution in [-0.4, -0.2) is 16.8 Å². The van der Waals surface area contributed by atoms with Crippen LogP contribution in [0.4, 0.5) is 4.39 Å². The van der Waals surface area contributed by atoms with Gasteiger partial charge in [0.15, 0.2) is 0 Å². The van der Waals surface area contributed by atoms with Gasteiger partial charge >= 0.3 is 0 Å². The van der Waals surface area contributed by atoms with Gasteiger partial charge in [-0.15, -0.1) is 0 Å². The van der Waals surface area contributed by atoms with Crippen molar-refractivity contribution >= 4 is 17.5 Å². The molecule has 3 rings (SSSR count). The molecular weight excluding hydrogens is 301 g/mol. The van der Waals surface area contributed by atoms with E-state index in [4.69, 9.17) is 11.6 Å². The summed E-state index contributed by atoms with van der Waals surface area (Å²) in [6, 6.07) is 12.3. The third kappa shape index (κ3) is 3.14. The molecule has 2 aromatic rings. The highest BCUT2D eigenvalue weighted by atomic mass is 35.5. The molecule has 1 aliphatic rings. The van der Waals surface area contributed by atoms with E-state index in [2.05, 4.69) is 0 Å². The van der Waals surface area contributed by atoms with Gasteiger partial charge in [-0.25, -0.2) is 4.39 Å². The Kier molecular flexibility index (Phi) is 4.16. The molecule has 1 saturated carbocycles. The van der Waals surface area contributed by atoms with E-state index in [1.165, 1.54) is 6.07 Å². The van der Waals surface area contributed by atoms with Gasteiger partial charge in [0.25, 0.3) is 5.91 Å². The maximum Gasteiger partial charge on any atom is 0.254 e. The first-order valence-electron chi connectivity index (χ1n) is 7.37. The zero-order chi connectivity index (χ0) is 15.7. The lowest BCUT2D eigenvalue weighted by Gasteiger charge is -2.23. The van der Waals surface area contributed by atoms with Crippen LogP contribution < -0.4 is 0 Å². The minimum absolute atomic E-state index is 0.0643. The van der Waals surface area contributed by atoms with E-state index < -0.39 is 0 Å². The SMILES string of the molecule is Cc1cccc(C(=O)N(Cc2c(F)cccc2Cl)C2CC2)c1. The molecule has 0 N–H and O–H groups in total. The number of rotatable bonds is 4. The Labute approximate surface area is 134 Å². The summed E-state index contributed by atoms with van der Waals surface area (Å²) in [5.41, 5.74) is 2.06. The van der Waals surface area contributed by atoms with Crippen molar-refractivity contribution in [1.82, 2.24) is 4.90 Å². The highest BCUT2D eigenvalue weighted by Crippen LogP contribution is 2.32. The van der Waals surface area contributed by atoms with Crippen molar-refractivity contribution in [2.24, 2.45) is 0 Å². The average molecular weight is 318 g/mol. The fraction of sp³-hybridized carbons (Fsp3) is 0.278. The number of carbonyl (C=O) groups is 1. The first-order chi connectivity index (χ1) is 10.6. The van der Waals surface area contributed by atoms with Crippen molar-refractivity contribution in [3.8, 4) is 0 Å². The van der Waals surface area contributed by atoms with Crippen LogP contribution in [0.15, 0.2) is 42.5 Å². The van der Waals surface area contributed by atoms with Crippen LogP contribution in [0.2, 0.25) is 5.02 Å². The Hall–Kier alpha value is -1.87. The molecule has 1 amide bonds. The van der Waals surface area contributed by atoms with Crippen molar-refractivity contribution in [3.05, 3.63) is 70.0 Å². The molecular formula is C18H17ClFNO. The van der Waals surface area contributed by atoms with Crippen LogP contribution >= 0.6 is 11.6 Å². The van der Waals surface area contributed by atoms with Gasteiger partial charge in [0, 0.05) is 22.2 Å². The largest absolute Gasteiger partial charge is 0.331 e. The Morgan fingerprint density at radius 1 is 1.27 bits per heavy atom. The predicted molar refractivity (Wildman–Crippen MR) is 85.5 cm³/mol. The molecule has 2 nitrogen and oxygen atoms in total. The Morgan fingerprint density at radius 3 is 2.64 bits per heavy atom. The molecule has 22 heavy (non-hydrogen) atoms. The molecule has 0 aromatic heterocycles. The molecule has 1 fully saturated rings. The van der Waals surface area contributed by atoms with Crippen molar-refractivity contribution in [3.63, 3.8) is 0 Å². The van der Waals surface area contributed by atoms with Crippen LogP contribution in [0, 0.1) is 12.7 Å². The first kappa shape index (κ1) is 15.0. The minimum Gasteiger partial charge on any atom is -0.331 e. The molecule has 2 aromatic carbocycles. The Balaban J connectivity index is 1.89. The fourth-order valence-corrected chi connectivity index (χ4v) is 2.77. The van der Waals surface area contributed by atoms with Crippen LogP contribution in [-0.2, 0) is 6.54 Å². The van der Waals surface area contributed by atoms with Gasteiger partial charge in [0.1, 0.15) is 5.82 Å². The van der Waals surface area contributed by atoms with Crippen molar-refractivity contribution in [1.29, 1.82) is 0 Å². The quantitative estimate of drug-likeness (QED) is 0.807. The molecule has 0 bridgehead atoms. The van der Waals surface area contributed by atoms with E-state index in [1.807, 2.05) is 25.1 Å². The minimum atomic E-state index is -0.366. The molecule has 0 aliphatic heterocycles. The number of nitrogens with zero attached hydrogens (tertiary/aromatic N) is 1. The van der Waals surface area contributed by atoms with Crippen LogP contribution in [0.5, 0.6) is 0 Å². The first-order valence-corrected chi connectivity index (χ1v) is 7.74. The Morgan fingerprint density at radius 2 is 2.00 bits per heavy atom. The van der Waals surface area contributed by atoms with Gasteiger partial charge in [0.2, 0.25) is 0 Å². The van der Waals surface area contributed by atoms with Gasteiger partial charge in [-0.2, -0.15) is 0 Å². The lowest BCUT2D eigenvalue weighted by Crippen LogP contribution is -2.33. The second kappa shape index (κ2) is 6.09. The van der Waals surface area contributed by atoms with E-state index in [1.54, 1.807) is 23.1 Å². The highest BCUT2D eigenvalue weighted by Gasteiger charge is 2.34. The van der Waals surface area contributed by atoms with Gasteiger partial charge < -0.3 is 4.90 Å². The lowest BCUT2D eigenvalue weighted by atomic mass is 10.1. The summed E-state index contributed by atoms with van der Waals surface area (Å²) in [5.74, 6) is -0.430.